The molecule has 0 aliphatic rings. The number of halogens is 2. The Morgan fingerprint density at radius 2 is 2.06 bits per heavy atom. The molecule has 0 unspecified atom stereocenters. The third kappa shape index (κ3) is 2.18. The van der Waals surface area contributed by atoms with Gasteiger partial charge in [0.25, 0.3) is 0 Å². The zero-order valence-electron chi connectivity index (χ0n) is 9.37. The molecule has 90 valence electrons. The molecule has 1 aromatic heterocycles. The van der Waals surface area contributed by atoms with Crippen LogP contribution in [0.15, 0.2) is 18.2 Å². The van der Waals surface area contributed by atoms with Crippen LogP contribution in [0.3, 0.4) is 0 Å². The molecule has 0 amide bonds. The van der Waals surface area contributed by atoms with Crippen molar-refractivity contribution in [2.75, 3.05) is 5.73 Å². The molecule has 0 fully saturated rings. The van der Waals surface area contributed by atoms with Gasteiger partial charge in [0.05, 0.1) is 10.7 Å². The summed E-state index contributed by atoms with van der Waals surface area (Å²) in [7, 11) is 1.75. The molecular formula is C11H11Cl2N3O. The first-order valence-electron chi connectivity index (χ1n) is 4.91. The lowest BCUT2D eigenvalue weighted by molar-refractivity contribution is 0.433. The van der Waals surface area contributed by atoms with Crippen molar-refractivity contribution < 1.29 is 4.74 Å². The summed E-state index contributed by atoms with van der Waals surface area (Å²) in [5.41, 5.74) is 7.05. The summed E-state index contributed by atoms with van der Waals surface area (Å²) in [6, 6.07) is 5.16. The van der Waals surface area contributed by atoms with E-state index in [1.54, 1.807) is 29.9 Å². The van der Waals surface area contributed by atoms with Crippen LogP contribution in [0.5, 0.6) is 11.6 Å². The highest BCUT2D eigenvalue weighted by Gasteiger charge is 2.14. The maximum Gasteiger partial charge on any atom is 0.241 e. The van der Waals surface area contributed by atoms with Crippen LogP contribution in [0, 0.1) is 6.92 Å². The topological polar surface area (TPSA) is 53.1 Å². The molecule has 0 saturated carbocycles. The molecule has 0 bridgehead atoms. The van der Waals surface area contributed by atoms with E-state index in [1.807, 2.05) is 6.92 Å². The summed E-state index contributed by atoms with van der Waals surface area (Å²) >= 11 is 11.9. The van der Waals surface area contributed by atoms with Gasteiger partial charge in [-0.1, -0.05) is 29.3 Å². The van der Waals surface area contributed by atoms with E-state index < -0.39 is 0 Å². The van der Waals surface area contributed by atoms with Crippen molar-refractivity contribution in [3.63, 3.8) is 0 Å². The first kappa shape index (κ1) is 12.1. The van der Waals surface area contributed by atoms with Crippen molar-refractivity contribution in [3.05, 3.63) is 33.9 Å². The molecule has 4 nitrogen and oxygen atoms in total. The highest BCUT2D eigenvalue weighted by atomic mass is 35.5. The summed E-state index contributed by atoms with van der Waals surface area (Å²) in [5, 5.41) is 4.94. The van der Waals surface area contributed by atoms with E-state index in [9.17, 15) is 0 Å². The van der Waals surface area contributed by atoms with Gasteiger partial charge in [-0.3, -0.25) is 0 Å². The average Bonchev–Trinajstić information content (AvgIpc) is 2.51. The number of aromatic nitrogens is 2. The highest BCUT2D eigenvalue weighted by Crippen LogP contribution is 2.36. The van der Waals surface area contributed by atoms with Gasteiger partial charge in [-0.2, -0.15) is 5.10 Å². The number of benzene rings is 1. The number of nitrogens with zero attached hydrogens (tertiary/aromatic N) is 2. The minimum Gasteiger partial charge on any atom is -0.436 e. The molecule has 1 aromatic carbocycles. The number of hydrogen-bond donors (Lipinski definition) is 1. The molecule has 0 spiro atoms. The molecular weight excluding hydrogens is 261 g/mol. The van der Waals surface area contributed by atoms with Crippen molar-refractivity contribution in [1.82, 2.24) is 9.78 Å². The lowest BCUT2D eigenvalue weighted by Crippen LogP contribution is -1.97. The van der Waals surface area contributed by atoms with Gasteiger partial charge in [-0.15, -0.1) is 0 Å². The molecule has 0 saturated heterocycles. The second kappa shape index (κ2) is 4.47. The minimum atomic E-state index is 0.354. The Morgan fingerprint density at radius 1 is 1.35 bits per heavy atom. The summed E-state index contributed by atoms with van der Waals surface area (Å²) in [5.74, 6) is 0.903. The van der Waals surface area contributed by atoms with Crippen molar-refractivity contribution in [3.8, 4) is 11.6 Å². The molecule has 2 N–H and O–H groups in total. The Balaban J connectivity index is 2.41. The minimum absolute atomic E-state index is 0.354. The normalized spacial score (nSPS) is 10.6. The van der Waals surface area contributed by atoms with E-state index in [4.69, 9.17) is 33.7 Å². The number of nitrogen functional groups attached to an aromatic ring is 1. The van der Waals surface area contributed by atoms with Crippen LogP contribution in [0.1, 0.15) is 5.69 Å². The number of nitrogens with two attached hydrogens (primary N) is 1. The van der Waals surface area contributed by atoms with Crippen molar-refractivity contribution in [1.29, 1.82) is 0 Å². The monoisotopic (exact) mass is 271 g/mol. The van der Waals surface area contributed by atoms with Gasteiger partial charge < -0.3 is 10.5 Å². The quantitative estimate of drug-likeness (QED) is 0.911. The van der Waals surface area contributed by atoms with E-state index in [-0.39, 0.29) is 0 Å². The lowest BCUT2D eigenvalue weighted by Gasteiger charge is -2.08. The summed E-state index contributed by atoms with van der Waals surface area (Å²) in [4.78, 5) is 0. The predicted molar refractivity (Wildman–Crippen MR) is 68.9 cm³/mol. The van der Waals surface area contributed by atoms with Gasteiger partial charge in [-0.25, -0.2) is 4.68 Å². The second-order valence-electron chi connectivity index (χ2n) is 3.58. The summed E-state index contributed by atoms with van der Waals surface area (Å²) < 4.78 is 7.19. The number of ether oxygens (including phenoxy) is 1. The first-order valence-corrected chi connectivity index (χ1v) is 5.67. The molecule has 6 heteroatoms. The molecule has 2 rings (SSSR count). The first-order chi connectivity index (χ1) is 8.00. The highest BCUT2D eigenvalue weighted by molar-refractivity contribution is 6.42. The van der Waals surface area contributed by atoms with Gasteiger partial charge in [0.2, 0.25) is 5.88 Å². The average molecular weight is 272 g/mol. The number of anilines is 1. The molecule has 0 aliphatic heterocycles. The van der Waals surface area contributed by atoms with E-state index >= 15 is 0 Å². The Morgan fingerprint density at radius 3 is 2.65 bits per heavy atom. The maximum atomic E-state index is 6.03. The largest absolute Gasteiger partial charge is 0.436 e. The van der Waals surface area contributed by atoms with Crippen LogP contribution in [-0.4, -0.2) is 9.78 Å². The zero-order valence-corrected chi connectivity index (χ0v) is 10.9. The third-order valence-corrected chi connectivity index (χ3v) is 3.14. The standard InChI is InChI=1S/C11H11Cl2N3O/c1-6-10(14)11(16(2)15-6)17-8-5-3-4-7(12)9(8)13/h3-5H,14H2,1-2H3. The number of hydrogen-bond acceptors (Lipinski definition) is 3. The van der Waals surface area contributed by atoms with Gasteiger partial charge in [0.1, 0.15) is 16.5 Å². The van der Waals surface area contributed by atoms with E-state index in [0.29, 0.717) is 33.1 Å². The van der Waals surface area contributed by atoms with E-state index in [2.05, 4.69) is 5.10 Å². The van der Waals surface area contributed by atoms with E-state index in [1.165, 1.54) is 0 Å². The summed E-state index contributed by atoms with van der Waals surface area (Å²) in [6.45, 7) is 1.81. The molecule has 0 aliphatic carbocycles. The fourth-order valence-corrected chi connectivity index (χ4v) is 1.77. The van der Waals surface area contributed by atoms with Crippen LogP contribution in [0.25, 0.3) is 0 Å². The molecule has 2 aromatic rings. The van der Waals surface area contributed by atoms with E-state index in [0.717, 1.165) is 0 Å². The van der Waals surface area contributed by atoms with Gasteiger partial charge in [0, 0.05) is 7.05 Å². The van der Waals surface area contributed by atoms with Crippen LogP contribution in [0.2, 0.25) is 10.0 Å². The Labute approximate surface area is 109 Å². The van der Waals surface area contributed by atoms with Crippen LogP contribution < -0.4 is 10.5 Å². The van der Waals surface area contributed by atoms with Gasteiger partial charge >= 0.3 is 0 Å². The molecule has 0 radical (unpaired) electrons. The second-order valence-corrected chi connectivity index (χ2v) is 4.37. The van der Waals surface area contributed by atoms with Crippen LogP contribution >= 0.6 is 23.2 Å². The summed E-state index contributed by atoms with van der Waals surface area (Å²) in [6.07, 6.45) is 0. The van der Waals surface area contributed by atoms with Crippen LogP contribution in [0.4, 0.5) is 5.69 Å². The fraction of sp³-hybridized carbons (Fsp3) is 0.182. The third-order valence-electron chi connectivity index (χ3n) is 2.34. The maximum absolute atomic E-state index is 6.03. The zero-order chi connectivity index (χ0) is 12.6. The number of rotatable bonds is 2. The SMILES string of the molecule is Cc1nn(C)c(Oc2cccc(Cl)c2Cl)c1N. The molecule has 0 atom stereocenters. The van der Waals surface area contributed by atoms with Gasteiger partial charge in [-0.05, 0) is 19.1 Å². The Bertz CT molecular complexity index is 566. The van der Waals surface area contributed by atoms with Gasteiger partial charge in [0.15, 0.2) is 0 Å². The fourth-order valence-electron chi connectivity index (χ4n) is 1.44. The molecule has 17 heavy (non-hydrogen) atoms. The lowest BCUT2D eigenvalue weighted by atomic mass is 10.3. The predicted octanol–water partition coefficient (Wildman–Crippen LogP) is 3.41. The smallest absolute Gasteiger partial charge is 0.241 e. The Kier molecular flexibility index (Phi) is 3.17. The molecule has 1 heterocycles. The Hall–Kier alpha value is -1.39. The van der Waals surface area contributed by atoms with Crippen LogP contribution in [-0.2, 0) is 7.05 Å². The van der Waals surface area contributed by atoms with Crippen molar-refractivity contribution in [2.45, 2.75) is 6.92 Å². The van der Waals surface area contributed by atoms with Crippen molar-refractivity contribution >= 4 is 28.9 Å². The number of aryl methyl sites for hydroxylation is 2. The van der Waals surface area contributed by atoms with Crippen molar-refractivity contribution in [2.24, 2.45) is 7.05 Å².